The first-order valence-corrected chi connectivity index (χ1v) is 7.84. The SMILES string of the molecule is O=C(Nc1ccc(Br)cc1)c1cncc(Nc2ccccc2)c1. The Labute approximate surface area is 142 Å². The number of carbonyl (C=O) groups is 1. The standard InChI is InChI=1S/C18H14BrN3O/c19-14-6-8-16(9-7-14)22-18(23)13-10-17(12-20-11-13)21-15-4-2-1-3-5-15/h1-12,21H,(H,22,23). The van der Waals surface area contributed by atoms with E-state index in [1.54, 1.807) is 18.5 Å². The van der Waals surface area contributed by atoms with Crippen LogP contribution in [0.1, 0.15) is 10.4 Å². The Morgan fingerprint density at radius 3 is 2.35 bits per heavy atom. The molecule has 1 aromatic heterocycles. The summed E-state index contributed by atoms with van der Waals surface area (Å²) in [4.78, 5) is 16.4. The van der Waals surface area contributed by atoms with Crippen LogP contribution in [0.3, 0.4) is 0 Å². The van der Waals surface area contributed by atoms with Gasteiger partial charge in [0, 0.05) is 22.0 Å². The predicted molar refractivity (Wildman–Crippen MR) is 96.1 cm³/mol. The van der Waals surface area contributed by atoms with Crippen molar-refractivity contribution in [1.29, 1.82) is 0 Å². The number of amides is 1. The number of aromatic nitrogens is 1. The Morgan fingerprint density at radius 2 is 1.61 bits per heavy atom. The largest absolute Gasteiger partial charge is 0.354 e. The highest BCUT2D eigenvalue weighted by molar-refractivity contribution is 9.10. The van der Waals surface area contributed by atoms with Crippen LogP contribution in [0.25, 0.3) is 0 Å². The van der Waals surface area contributed by atoms with Crippen molar-refractivity contribution in [2.24, 2.45) is 0 Å². The molecule has 0 radical (unpaired) electrons. The summed E-state index contributed by atoms with van der Waals surface area (Å²) in [6.07, 6.45) is 3.23. The van der Waals surface area contributed by atoms with E-state index in [4.69, 9.17) is 0 Å². The molecule has 3 rings (SSSR count). The lowest BCUT2D eigenvalue weighted by atomic mass is 10.2. The van der Waals surface area contributed by atoms with Crippen molar-refractivity contribution < 1.29 is 4.79 Å². The number of nitrogens with one attached hydrogen (secondary N) is 2. The fraction of sp³-hybridized carbons (Fsp3) is 0. The van der Waals surface area contributed by atoms with Gasteiger partial charge in [0.05, 0.1) is 17.4 Å². The van der Waals surface area contributed by atoms with Crippen LogP contribution in [-0.2, 0) is 0 Å². The fourth-order valence-electron chi connectivity index (χ4n) is 2.06. The van der Waals surface area contributed by atoms with E-state index in [0.717, 1.165) is 21.5 Å². The zero-order valence-corrected chi connectivity index (χ0v) is 13.7. The Balaban J connectivity index is 1.73. The summed E-state index contributed by atoms with van der Waals surface area (Å²) >= 11 is 3.37. The topological polar surface area (TPSA) is 54.0 Å². The number of carbonyl (C=O) groups excluding carboxylic acids is 1. The molecule has 0 aliphatic heterocycles. The van der Waals surface area contributed by atoms with E-state index in [1.807, 2.05) is 54.6 Å². The quantitative estimate of drug-likeness (QED) is 0.693. The maximum absolute atomic E-state index is 12.3. The summed E-state index contributed by atoms with van der Waals surface area (Å²) in [6, 6.07) is 18.9. The maximum atomic E-state index is 12.3. The molecule has 3 aromatic rings. The average Bonchev–Trinajstić information content (AvgIpc) is 2.58. The lowest BCUT2D eigenvalue weighted by Crippen LogP contribution is -2.12. The number of nitrogens with zero attached hydrogens (tertiary/aromatic N) is 1. The molecule has 1 amide bonds. The Bertz CT molecular complexity index is 804. The minimum absolute atomic E-state index is 0.198. The molecule has 0 aliphatic rings. The molecule has 1 heterocycles. The van der Waals surface area contributed by atoms with Crippen LogP contribution in [0, 0.1) is 0 Å². The lowest BCUT2D eigenvalue weighted by molar-refractivity contribution is 0.102. The van der Waals surface area contributed by atoms with E-state index in [-0.39, 0.29) is 5.91 Å². The van der Waals surface area contributed by atoms with Crippen LogP contribution >= 0.6 is 15.9 Å². The number of anilines is 3. The molecular formula is C18H14BrN3O. The highest BCUT2D eigenvalue weighted by Gasteiger charge is 2.08. The summed E-state index contributed by atoms with van der Waals surface area (Å²) in [5.41, 5.74) is 2.94. The normalized spacial score (nSPS) is 10.1. The number of para-hydroxylation sites is 1. The minimum Gasteiger partial charge on any atom is -0.354 e. The van der Waals surface area contributed by atoms with Crippen LogP contribution in [0.5, 0.6) is 0 Å². The highest BCUT2D eigenvalue weighted by Crippen LogP contribution is 2.18. The van der Waals surface area contributed by atoms with Crippen molar-refractivity contribution in [1.82, 2.24) is 4.98 Å². The van der Waals surface area contributed by atoms with E-state index in [1.165, 1.54) is 0 Å². The Kier molecular flexibility index (Phi) is 4.68. The van der Waals surface area contributed by atoms with Gasteiger partial charge in [-0.1, -0.05) is 34.1 Å². The monoisotopic (exact) mass is 367 g/mol. The van der Waals surface area contributed by atoms with Crippen LogP contribution in [0.15, 0.2) is 77.5 Å². The van der Waals surface area contributed by atoms with Gasteiger partial charge in [0.2, 0.25) is 0 Å². The van der Waals surface area contributed by atoms with Crippen molar-refractivity contribution in [3.8, 4) is 0 Å². The number of pyridine rings is 1. The summed E-state index contributed by atoms with van der Waals surface area (Å²) in [6.45, 7) is 0. The summed E-state index contributed by atoms with van der Waals surface area (Å²) in [7, 11) is 0. The summed E-state index contributed by atoms with van der Waals surface area (Å²) in [5, 5.41) is 6.07. The van der Waals surface area contributed by atoms with Gasteiger partial charge in [-0.2, -0.15) is 0 Å². The average molecular weight is 368 g/mol. The van der Waals surface area contributed by atoms with Crippen molar-refractivity contribution in [2.45, 2.75) is 0 Å². The third kappa shape index (κ3) is 4.17. The predicted octanol–water partition coefficient (Wildman–Crippen LogP) is 4.84. The third-order valence-corrected chi connectivity index (χ3v) is 3.69. The molecular weight excluding hydrogens is 354 g/mol. The molecule has 2 aromatic carbocycles. The first-order chi connectivity index (χ1) is 11.2. The molecule has 2 N–H and O–H groups in total. The number of hydrogen-bond donors (Lipinski definition) is 2. The Morgan fingerprint density at radius 1 is 0.870 bits per heavy atom. The molecule has 0 aliphatic carbocycles. The second-order valence-corrected chi connectivity index (χ2v) is 5.83. The van der Waals surface area contributed by atoms with E-state index in [9.17, 15) is 4.79 Å². The molecule has 0 saturated heterocycles. The fourth-order valence-corrected chi connectivity index (χ4v) is 2.32. The second kappa shape index (κ2) is 7.07. The number of rotatable bonds is 4. The third-order valence-electron chi connectivity index (χ3n) is 3.16. The number of hydrogen-bond acceptors (Lipinski definition) is 3. The summed E-state index contributed by atoms with van der Waals surface area (Å²) in [5.74, 6) is -0.198. The molecule has 5 heteroatoms. The highest BCUT2D eigenvalue weighted by atomic mass is 79.9. The van der Waals surface area contributed by atoms with Crippen LogP contribution in [0.4, 0.5) is 17.1 Å². The van der Waals surface area contributed by atoms with E-state index >= 15 is 0 Å². The second-order valence-electron chi connectivity index (χ2n) is 4.91. The maximum Gasteiger partial charge on any atom is 0.257 e. The van der Waals surface area contributed by atoms with Gasteiger partial charge in [0.1, 0.15) is 0 Å². The van der Waals surface area contributed by atoms with Gasteiger partial charge in [-0.15, -0.1) is 0 Å². The van der Waals surface area contributed by atoms with Gasteiger partial charge < -0.3 is 10.6 Å². The van der Waals surface area contributed by atoms with Gasteiger partial charge in [0.15, 0.2) is 0 Å². The van der Waals surface area contributed by atoms with Crippen molar-refractivity contribution in [3.63, 3.8) is 0 Å². The zero-order chi connectivity index (χ0) is 16.1. The van der Waals surface area contributed by atoms with Crippen LogP contribution in [-0.4, -0.2) is 10.9 Å². The number of halogens is 1. The van der Waals surface area contributed by atoms with E-state index in [2.05, 4.69) is 31.5 Å². The molecule has 0 saturated carbocycles. The molecule has 0 atom stereocenters. The van der Waals surface area contributed by atoms with Crippen LogP contribution < -0.4 is 10.6 Å². The molecule has 0 spiro atoms. The minimum atomic E-state index is -0.198. The molecule has 0 unspecified atom stereocenters. The lowest BCUT2D eigenvalue weighted by Gasteiger charge is -2.08. The van der Waals surface area contributed by atoms with Gasteiger partial charge in [-0.05, 0) is 42.5 Å². The van der Waals surface area contributed by atoms with E-state index in [0.29, 0.717) is 5.56 Å². The smallest absolute Gasteiger partial charge is 0.257 e. The molecule has 4 nitrogen and oxygen atoms in total. The zero-order valence-electron chi connectivity index (χ0n) is 12.2. The van der Waals surface area contributed by atoms with Gasteiger partial charge in [-0.3, -0.25) is 9.78 Å². The van der Waals surface area contributed by atoms with Crippen molar-refractivity contribution in [2.75, 3.05) is 10.6 Å². The molecule has 114 valence electrons. The summed E-state index contributed by atoms with van der Waals surface area (Å²) < 4.78 is 0.964. The van der Waals surface area contributed by atoms with Gasteiger partial charge in [-0.25, -0.2) is 0 Å². The first-order valence-electron chi connectivity index (χ1n) is 7.05. The first kappa shape index (κ1) is 15.2. The van der Waals surface area contributed by atoms with Gasteiger partial charge in [0.25, 0.3) is 5.91 Å². The van der Waals surface area contributed by atoms with Crippen LogP contribution in [0.2, 0.25) is 0 Å². The van der Waals surface area contributed by atoms with Gasteiger partial charge >= 0.3 is 0 Å². The van der Waals surface area contributed by atoms with E-state index < -0.39 is 0 Å². The molecule has 0 fully saturated rings. The van der Waals surface area contributed by atoms with Crippen molar-refractivity contribution in [3.05, 3.63) is 83.1 Å². The number of benzene rings is 2. The molecule has 0 bridgehead atoms. The molecule has 23 heavy (non-hydrogen) atoms. The van der Waals surface area contributed by atoms with Crippen molar-refractivity contribution >= 4 is 38.9 Å². The Hall–Kier alpha value is -2.66.